The highest BCUT2D eigenvalue weighted by atomic mass is 16.5. The Hall–Kier alpha value is -3.41. The molecule has 2 N–H and O–H groups in total. The maximum absolute atomic E-state index is 12.2. The molecule has 0 radical (unpaired) electrons. The molecular weight excluding hydrogens is 318 g/mol. The van der Waals surface area contributed by atoms with Crippen LogP contribution >= 0.6 is 0 Å². The molecule has 2 amide bonds. The van der Waals surface area contributed by atoms with Crippen LogP contribution in [0.25, 0.3) is 10.9 Å². The number of pyridine rings is 1. The van der Waals surface area contributed by atoms with E-state index in [9.17, 15) is 9.59 Å². The number of hydrogen-bond acceptors (Lipinski definition) is 4. The zero-order valence-corrected chi connectivity index (χ0v) is 13.2. The van der Waals surface area contributed by atoms with E-state index < -0.39 is 11.8 Å². The monoisotopic (exact) mass is 333 g/mol. The van der Waals surface area contributed by atoms with Crippen LogP contribution in [0.3, 0.4) is 0 Å². The van der Waals surface area contributed by atoms with E-state index in [2.05, 4.69) is 15.6 Å². The smallest absolute Gasteiger partial charge is 0.313 e. The standard InChI is InChI=1S/C19H15N3O3/c23-18(21-13-9-12-5-1-3-7-15(12)20-10-13)19(24)22-16-11-25-17-8-4-2-6-14(16)17/h1-10,16H,11H2,(H,21,23)(H,22,24). The number of carbonyl (C=O) groups is 2. The lowest BCUT2D eigenvalue weighted by molar-refractivity contribution is -0.136. The van der Waals surface area contributed by atoms with Gasteiger partial charge in [0.05, 0.1) is 23.4 Å². The first kappa shape index (κ1) is 15.1. The zero-order valence-electron chi connectivity index (χ0n) is 13.2. The number of hydrogen-bond donors (Lipinski definition) is 2. The Labute approximate surface area is 143 Å². The lowest BCUT2D eigenvalue weighted by Crippen LogP contribution is -2.38. The predicted octanol–water partition coefficient (Wildman–Crippen LogP) is 2.42. The van der Waals surface area contributed by atoms with Crippen LogP contribution in [-0.2, 0) is 9.59 Å². The summed E-state index contributed by atoms with van der Waals surface area (Å²) in [5.41, 5.74) is 2.17. The highest BCUT2D eigenvalue weighted by Gasteiger charge is 2.27. The van der Waals surface area contributed by atoms with Crippen LogP contribution in [0, 0.1) is 0 Å². The second-order valence-corrected chi connectivity index (χ2v) is 5.75. The van der Waals surface area contributed by atoms with Gasteiger partial charge in [0.1, 0.15) is 12.4 Å². The van der Waals surface area contributed by atoms with Crippen LogP contribution in [0.1, 0.15) is 11.6 Å². The van der Waals surface area contributed by atoms with Crippen LogP contribution in [-0.4, -0.2) is 23.4 Å². The normalized spacial score (nSPS) is 15.3. The van der Waals surface area contributed by atoms with Crippen molar-refractivity contribution in [1.82, 2.24) is 10.3 Å². The first-order chi connectivity index (χ1) is 12.2. The number of rotatable bonds is 2. The molecule has 2 aromatic carbocycles. The number of amides is 2. The number of aromatic nitrogens is 1. The number of nitrogens with one attached hydrogen (secondary N) is 2. The summed E-state index contributed by atoms with van der Waals surface area (Å²) >= 11 is 0. The van der Waals surface area contributed by atoms with Crippen molar-refractivity contribution in [2.75, 3.05) is 11.9 Å². The third-order valence-corrected chi connectivity index (χ3v) is 4.06. The van der Waals surface area contributed by atoms with Gasteiger partial charge >= 0.3 is 11.8 Å². The number of nitrogens with zero attached hydrogens (tertiary/aromatic N) is 1. The predicted molar refractivity (Wildman–Crippen MR) is 93.2 cm³/mol. The fraction of sp³-hybridized carbons (Fsp3) is 0.105. The van der Waals surface area contributed by atoms with E-state index in [1.807, 2.05) is 48.5 Å². The lowest BCUT2D eigenvalue weighted by Gasteiger charge is -2.11. The fourth-order valence-corrected chi connectivity index (χ4v) is 2.83. The fourth-order valence-electron chi connectivity index (χ4n) is 2.83. The molecule has 0 spiro atoms. The van der Waals surface area contributed by atoms with Gasteiger partial charge in [-0.05, 0) is 18.2 Å². The quantitative estimate of drug-likeness (QED) is 0.706. The molecule has 0 fully saturated rings. The Bertz CT molecular complexity index is 971. The highest BCUT2D eigenvalue weighted by Crippen LogP contribution is 2.31. The van der Waals surface area contributed by atoms with E-state index >= 15 is 0 Å². The van der Waals surface area contributed by atoms with Crippen molar-refractivity contribution in [3.8, 4) is 5.75 Å². The number of para-hydroxylation sites is 2. The molecule has 6 nitrogen and oxygen atoms in total. The molecular formula is C19H15N3O3. The number of anilines is 1. The van der Waals surface area contributed by atoms with Crippen molar-refractivity contribution in [2.24, 2.45) is 0 Å². The molecule has 0 saturated heterocycles. The minimum absolute atomic E-state index is 0.315. The van der Waals surface area contributed by atoms with Crippen LogP contribution in [0.2, 0.25) is 0 Å². The second-order valence-electron chi connectivity index (χ2n) is 5.75. The summed E-state index contributed by atoms with van der Waals surface area (Å²) in [7, 11) is 0. The molecule has 2 heterocycles. The van der Waals surface area contributed by atoms with Crippen molar-refractivity contribution in [3.05, 3.63) is 66.4 Å². The molecule has 1 aromatic heterocycles. The molecule has 1 atom stereocenters. The minimum atomic E-state index is -0.735. The van der Waals surface area contributed by atoms with Crippen LogP contribution in [0.15, 0.2) is 60.8 Å². The Kier molecular flexibility index (Phi) is 3.78. The summed E-state index contributed by atoms with van der Waals surface area (Å²) in [6.07, 6.45) is 1.53. The van der Waals surface area contributed by atoms with Gasteiger partial charge in [0, 0.05) is 10.9 Å². The van der Waals surface area contributed by atoms with E-state index in [0.717, 1.165) is 22.2 Å². The molecule has 6 heteroatoms. The van der Waals surface area contributed by atoms with E-state index in [-0.39, 0.29) is 6.04 Å². The average Bonchev–Trinajstić information content (AvgIpc) is 3.04. The lowest BCUT2D eigenvalue weighted by atomic mass is 10.1. The Morgan fingerprint density at radius 3 is 2.76 bits per heavy atom. The van der Waals surface area contributed by atoms with Gasteiger partial charge in [0.15, 0.2) is 0 Å². The molecule has 1 unspecified atom stereocenters. The number of benzene rings is 2. The Balaban J connectivity index is 1.44. The van der Waals surface area contributed by atoms with Crippen molar-refractivity contribution in [3.63, 3.8) is 0 Å². The largest absolute Gasteiger partial charge is 0.491 e. The summed E-state index contributed by atoms with van der Waals surface area (Å²) in [4.78, 5) is 28.6. The van der Waals surface area contributed by atoms with E-state index in [4.69, 9.17) is 4.74 Å². The van der Waals surface area contributed by atoms with Gasteiger partial charge in [-0.1, -0.05) is 36.4 Å². The molecule has 4 rings (SSSR count). The van der Waals surface area contributed by atoms with Crippen LogP contribution in [0.5, 0.6) is 5.75 Å². The summed E-state index contributed by atoms with van der Waals surface area (Å²) in [5, 5.41) is 6.16. The van der Waals surface area contributed by atoms with Gasteiger partial charge < -0.3 is 15.4 Å². The second kappa shape index (κ2) is 6.24. The summed E-state index contributed by atoms with van der Waals surface area (Å²) in [6.45, 7) is 0.315. The summed E-state index contributed by atoms with van der Waals surface area (Å²) in [6, 6.07) is 16.4. The third kappa shape index (κ3) is 3.01. The van der Waals surface area contributed by atoms with Crippen LogP contribution in [0.4, 0.5) is 5.69 Å². The maximum Gasteiger partial charge on any atom is 0.313 e. The number of fused-ring (bicyclic) bond motifs is 2. The Morgan fingerprint density at radius 1 is 1.04 bits per heavy atom. The average molecular weight is 333 g/mol. The number of ether oxygens (including phenoxy) is 1. The van der Waals surface area contributed by atoms with Gasteiger partial charge in [0.2, 0.25) is 0 Å². The van der Waals surface area contributed by atoms with E-state index in [1.165, 1.54) is 6.20 Å². The molecule has 25 heavy (non-hydrogen) atoms. The van der Waals surface area contributed by atoms with Gasteiger partial charge in [0.25, 0.3) is 0 Å². The minimum Gasteiger partial charge on any atom is -0.491 e. The summed E-state index contributed by atoms with van der Waals surface area (Å²) < 4.78 is 5.50. The molecule has 0 saturated carbocycles. The molecule has 0 bridgehead atoms. The van der Waals surface area contributed by atoms with Crippen molar-refractivity contribution in [1.29, 1.82) is 0 Å². The van der Waals surface area contributed by atoms with Crippen LogP contribution < -0.4 is 15.4 Å². The van der Waals surface area contributed by atoms with E-state index in [0.29, 0.717) is 12.3 Å². The number of carbonyl (C=O) groups excluding carboxylic acids is 2. The van der Waals surface area contributed by atoms with Gasteiger partial charge in [-0.15, -0.1) is 0 Å². The maximum atomic E-state index is 12.2. The van der Waals surface area contributed by atoms with E-state index in [1.54, 1.807) is 6.07 Å². The SMILES string of the molecule is O=C(Nc1cnc2ccccc2c1)C(=O)NC1COc2ccccc21. The van der Waals surface area contributed by atoms with Gasteiger partial charge in [-0.2, -0.15) is 0 Å². The first-order valence-corrected chi connectivity index (χ1v) is 7.89. The van der Waals surface area contributed by atoms with Crippen molar-refractivity contribution in [2.45, 2.75) is 6.04 Å². The molecule has 1 aliphatic heterocycles. The Morgan fingerprint density at radius 2 is 1.84 bits per heavy atom. The van der Waals surface area contributed by atoms with Crippen molar-refractivity contribution < 1.29 is 14.3 Å². The first-order valence-electron chi connectivity index (χ1n) is 7.89. The molecule has 1 aliphatic rings. The van der Waals surface area contributed by atoms with Gasteiger partial charge in [-0.25, -0.2) is 0 Å². The van der Waals surface area contributed by atoms with Gasteiger partial charge in [-0.3, -0.25) is 14.6 Å². The summed E-state index contributed by atoms with van der Waals surface area (Å²) in [5.74, 6) is -0.716. The molecule has 3 aromatic rings. The zero-order chi connectivity index (χ0) is 17.2. The third-order valence-electron chi connectivity index (χ3n) is 4.06. The molecule has 0 aliphatic carbocycles. The molecule has 124 valence electrons. The van der Waals surface area contributed by atoms with Crippen molar-refractivity contribution >= 4 is 28.4 Å². The highest BCUT2D eigenvalue weighted by molar-refractivity contribution is 6.39. The topological polar surface area (TPSA) is 80.3 Å².